The van der Waals surface area contributed by atoms with Crippen molar-refractivity contribution in [2.24, 2.45) is 29.0 Å². The zero-order valence-corrected chi connectivity index (χ0v) is 16.2. The fourth-order valence-corrected chi connectivity index (χ4v) is 4.96. The van der Waals surface area contributed by atoms with Gasteiger partial charge < -0.3 is 27.8 Å². The molecule has 5 unspecified atom stereocenters. The molecular weight excluding hydrogens is 359 g/mol. The summed E-state index contributed by atoms with van der Waals surface area (Å²) in [6, 6.07) is 0.378. The van der Waals surface area contributed by atoms with Gasteiger partial charge in [-0.1, -0.05) is 11.9 Å². The molecule has 26 heavy (non-hydrogen) atoms. The molecule has 11 heteroatoms. The first-order valence-corrected chi connectivity index (χ1v) is 9.97. The van der Waals surface area contributed by atoms with Crippen molar-refractivity contribution in [3.63, 3.8) is 0 Å². The Morgan fingerprint density at radius 1 is 1.35 bits per heavy atom. The van der Waals surface area contributed by atoms with E-state index >= 15 is 0 Å². The Kier molecular flexibility index (Phi) is 8.48. The Bertz CT molecular complexity index is 451. The fraction of sp³-hybridized carbons (Fsp3) is 0.933. The zero-order chi connectivity index (χ0) is 19.3. The van der Waals surface area contributed by atoms with Crippen LogP contribution in [0.4, 0.5) is 4.39 Å². The minimum atomic E-state index is -0.989. The SMILES string of the molecule is CNC(CCN)C1C(C)NSC1NC(=O)C(C(N)N)C1NCC(F)CN1. The first-order chi connectivity index (χ1) is 12.4. The summed E-state index contributed by atoms with van der Waals surface area (Å²) in [7, 11) is 1.90. The van der Waals surface area contributed by atoms with Crippen molar-refractivity contribution >= 4 is 17.9 Å². The lowest BCUT2D eigenvalue weighted by Gasteiger charge is -2.36. The maximum Gasteiger partial charge on any atom is 0.229 e. The number of alkyl halides is 1. The lowest BCUT2D eigenvalue weighted by Crippen LogP contribution is -2.65. The van der Waals surface area contributed by atoms with Gasteiger partial charge in [0.2, 0.25) is 5.91 Å². The Labute approximate surface area is 158 Å². The number of nitrogens with two attached hydrogens (primary N) is 3. The van der Waals surface area contributed by atoms with Crippen LogP contribution < -0.4 is 43.2 Å². The summed E-state index contributed by atoms with van der Waals surface area (Å²) in [4.78, 5) is 12.9. The molecule has 0 aromatic heterocycles. The third kappa shape index (κ3) is 5.26. The second-order valence-corrected chi connectivity index (χ2v) is 7.98. The molecule has 2 rings (SSSR count). The van der Waals surface area contributed by atoms with E-state index in [1.54, 1.807) is 0 Å². The van der Waals surface area contributed by atoms with Crippen LogP contribution in [0.3, 0.4) is 0 Å². The highest BCUT2D eigenvalue weighted by Gasteiger charge is 2.42. The number of amides is 1. The third-order valence-electron chi connectivity index (χ3n) is 5.10. The van der Waals surface area contributed by atoms with E-state index in [0.717, 1.165) is 6.42 Å². The average molecular weight is 393 g/mol. The van der Waals surface area contributed by atoms with E-state index in [1.807, 2.05) is 7.05 Å². The van der Waals surface area contributed by atoms with Gasteiger partial charge in [-0.3, -0.25) is 20.2 Å². The van der Waals surface area contributed by atoms with Crippen molar-refractivity contribution in [3.8, 4) is 0 Å². The minimum absolute atomic E-state index is 0.139. The highest BCUT2D eigenvalue weighted by atomic mass is 32.2. The van der Waals surface area contributed by atoms with Gasteiger partial charge >= 0.3 is 0 Å². The van der Waals surface area contributed by atoms with Crippen molar-refractivity contribution in [2.45, 2.75) is 49.3 Å². The molecule has 5 atom stereocenters. The molecule has 2 saturated heterocycles. The van der Waals surface area contributed by atoms with E-state index < -0.39 is 24.4 Å². The van der Waals surface area contributed by atoms with Gasteiger partial charge in [-0.25, -0.2) is 4.39 Å². The van der Waals surface area contributed by atoms with Gasteiger partial charge in [0.1, 0.15) is 6.17 Å². The minimum Gasteiger partial charge on any atom is -0.342 e. The molecule has 2 aliphatic heterocycles. The van der Waals surface area contributed by atoms with Crippen molar-refractivity contribution in [1.29, 1.82) is 0 Å². The number of rotatable bonds is 8. The van der Waals surface area contributed by atoms with Crippen LogP contribution in [0, 0.1) is 11.8 Å². The van der Waals surface area contributed by atoms with E-state index in [0.29, 0.717) is 6.54 Å². The topological polar surface area (TPSA) is 155 Å². The molecular formula is C15H33FN8OS. The lowest BCUT2D eigenvalue weighted by atomic mass is 9.90. The third-order valence-corrected chi connectivity index (χ3v) is 6.29. The zero-order valence-electron chi connectivity index (χ0n) is 15.4. The maximum atomic E-state index is 13.3. The van der Waals surface area contributed by atoms with E-state index in [-0.39, 0.29) is 42.4 Å². The smallest absolute Gasteiger partial charge is 0.229 e. The Hall–Kier alpha value is -0.530. The molecule has 0 aromatic rings. The van der Waals surface area contributed by atoms with Gasteiger partial charge in [-0.2, -0.15) is 0 Å². The average Bonchev–Trinajstić information content (AvgIpc) is 2.94. The monoisotopic (exact) mass is 392 g/mol. The second kappa shape index (κ2) is 10.1. The Morgan fingerprint density at radius 2 is 2.00 bits per heavy atom. The van der Waals surface area contributed by atoms with E-state index in [2.05, 4.69) is 32.9 Å². The highest BCUT2D eigenvalue weighted by Crippen LogP contribution is 2.31. The van der Waals surface area contributed by atoms with Gasteiger partial charge in [0.15, 0.2) is 0 Å². The molecule has 0 spiro atoms. The lowest BCUT2D eigenvalue weighted by molar-refractivity contribution is -0.127. The first kappa shape index (κ1) is 21.8. The van der Waals surface area contributed by atoms with Crippen molar-refractivity contribution < 1.29 is 9.18 Å². The molecule has 0 radical (unpaired) electrons. The maximum absolute atomic E-state index is 13.3. The number of carbonyl (C=O) groups excluding carboxylic acids is 1. The molecule has 2 fully saturated rings. The van der Waals surface area contributed by atoms with Crippen LogP contribution in [-0.2, 0) is 4.79 Å². The van der Waals surface area contributed by atoms with Crippen molar-refractivity contribution in [2.75, 3.05) is 26.7 Å². The van der Waals surface area contributed by atoms with Crippen LogP contribution in [0.15, 0.2) is 0 Å². The Balaban J connectivity index is 2.04. The fourth-order valence-electron chi connectivity index (χ4n) is 3.69. The summed E-state index contributed by atoms with van der Waals surface area (Å²) >= 11 is 1.49. The predicted octanol–water partition coefficient (Wildman–Crippen LogP) is -2.66. The molecule has 152 valence electrons. The van der Waals surface area contributed by atoms with Crippen LogP contribution in [0.5, 0.6) is 0 Å². The summed E-state index contributed by atoms with van der Waals surface area (Å²) in [5.74, 6) is -0.792. The molecule has 0 aromatic carbocycles. The van der Waals surface area contributed by atoms with Crippen LogP contribution in [0.2, 0.25) is 0 Å². The van der Waals surface area contributed by atoms with E-state index in [1.165, 1.54) is 11.9 Å². The summed E-state index contributed by atoms with van der Waals surface area (Å²) in [5.41, 5.74) is 17.5. The van der Waals surface area contributed by atoms with Crippen molar-refractivity contribution in [3.05, 3.63) is 0 Å². The molecule has 0 saturated carbocycles. The summed E-state index contributed by atoms with van der Waals surface area (Å²) in [6.45, 7) is 3.00. The van der Waals surface area contributed by atoms with E-state index in [4.69, 9.17) is 17.2 Å². The number of nitrogens with one attached hydrogen (secondary N) is 5. The molecule has 0 aliphatic carbocycles. The predicted molar refractivity (Wildman–Crippen MR) is 102 cm³/mol. The summed E-state index contributed by atoms with van der Waals surface area (Å²) in [5, 5.41) is 12.2. The molecule has 2 aliphatic rings. The number of halogens is 1. The van der Waals surface area contributed by atoms with Crippen LogP contribution in [-0.4, -0.2) is 68.5 Å². The molecule has 9 nitrogen and oxygen atoms in total. The second-order valence-electron chi connectivity index (χ2n) is 7.00. The molecule has 11 N–H and O–H groups in total. The van der Waals surface area contributed by atoms with Gasteiger partial charge in [0, 0.05) is 31.1 Å². The number of hydrogen-bond acceptors (Lipinski definition) is 9. The molecule has 1 amide bonds. The standard InChI is InChI=1S/C15H33FN8OS/c1-7-10(9(20-2)3-4-17)15(26-24-7)23-14(25)11(12(18)19)13-21-5-8(16)6-22-13/h7-13,15,20-22,24H,3-6,17-19H2,1-2H3,(H,23,25). The normalized spacial score (nSPS) is 34.7. The quantitative estimate of drug-likeness (QED) is 0.163. The van der Waals surface area contributed by atoms with E-state index in [9.17, 15) is 9.18 Å². The van der Waals surface area contributed by atoms with Crippen LogP contribution in [0.1, 0.15) is 13.3 Å². The van der Waals surface area contributed by atoms with Gasteiger partial charge in [0.05, 0.1) is 23.6 Å². The van der Waals surface area contributed by atoms with Crippen molar-refractivity contribution in [1.82, 2.24) is 26.0 Å². The first-order valence-electron chi connectivity index (χ1n) is 9.10. The highest BCUT2D eigenvalue weighted by molar-refractivity contribution is 7.98. The largest absolute Gasteiger partial charge is 0.342 e. The van der Waals surface area contributed by atoms with Gasteiger partial charge in [0.25, 0.3) is 0 Å². The van der Waals surface area contributed by atoms with Gasteiger partial charge in [-0.05, 0) is 26.9 Å². The Morgan fingerprint density at radius 3 is 2.54 bits per heavy atom. The van der Waals surface area contributed by atoms with Gasteiger partial charge in [-0.15, -0.1) is 0 Å². The van der Waals surface area contributed by atoms with Crippen LogP contribution in [0.25, 0.3) is 0 Å². The number of hydrogen-bond donors (Lipinski definition) is 8. The molecule has 0 bridgehead atoms. The molecule has 2 heterocycles. The summed E-state index contributed by atoms with van der Waals surface area (Å²) < 4.78 is 16.7. The van der Waals surface area contributed by atoms with Crippen LogP contribution >= 0.6 is 11.9 Å². The summed E-state index contributed by atoms with van der Waals surface area (Å²) in [6.07, 6.45) is -1.50. The number of carbonyl (C=O) groups is 1.